The van der Waals surface area contributed by atoms with Crippen LogP contribution >= 0.6 is 0 Å². The normalized spacial score (nSPS) is 12.6. The molecule has 1 aliphatic rings. The number of rotatable bonds is 5. The second kappa shape index (κ2) is 7.90. The Balaban J connectivity index is 1.58. The number of esters is 1. The summed E-state index contributed by atoms with van der Waals surface area (Å²) < 4.78 is 22.4. The van der Waals surface area contributed by atoms with Crippen LogP contribution in [0, 0.1) is 6.92 Å². The van der Waals surface area contributed by atoms with E-state index in [2.05, 4.69) is 10.3 Å². The zero-order valence-corrected chi connectivity index (χ0v) is 16.4. The molecule has 0 atom stereocenters. The SMILES string of the molecule is CCOC(=O)c1c(C)oc2ncn(CC(=O)Nc3ccc4c(c3)OCCO4)c(=O)c12. The average Bonchev–Trinajstić information content (AvgIpc) is 3.07. The second-order valence-corrected chi connectivity index (χ2v) is 6.52. The van der Waals surface area contributed by atoms with Crippen molar-refractivity contribution in [3.8, 4) is 11.5 Å². The van der Waals surface area contributed by atoms with Gasteiger partial charge in [0, 0.05) is 11.8 Å². The van der Waals surface area contributed by atoms with Crippen molar-refractivity contribution in [2.45, 2.75) is 20.4 Å². The van der Waals surface area contributed by atoms with E-state index in [0.717, 1.165) is 4.57 Å². The van der Waals surface area contributed by atoms with Crippen LogP contribution in [0.15, 0.2) is 33.7 Å². The van der Waals surface area contributed by atoms with Crippen LogP contribution in [0.3, 0.4) is 0 Å². The van der Waals surface area contributed by atoms with Crippen molar-refractivity contribution in [2.24, 2.45) is 0 Å². The fourth-order valence-corrected chi connectivity index (χ4v) is 3.18. The lowest BCUT2D eigenvalue weighted by atomic mass is 10.2. The molecule has 10 nitrogen and oxygen atoms in total. The molecule has 3 heterocycles. The summed E-state index contributed by atoms with van der Waals surface area (Å²) in [5.41, 5.74) is -0.0371. The van der Waals surface area contributed by atoms with Gasteiger partial charge in [0.05, 0.1) is 6.61 Å². The summed E-state index contributed by atoms with van der Waals surface area (Å²) in [5.74, 6) is 0.240. The molecule has 0 saturated heterocycles. The van der Waals surface area contributed by atoms with Gasteiger partial charge >= 0.3 is 5.97 Å². The van der Waals surface area contributed by atoms with Crippen molar-refractivity contribution >= 4 is 28.7 Å². The number of aromatic nitrogens is 2. The van der Waals surface area contributed by atoms with Crippen LogP contribution in [0.5, 0.6) is 11.5 Å². The predicted molar refractivity (Wildman–Crippen MR) is 105 cm³/mol. The zero-order valence-electron chi connectivity index (χ0n) is 16.4. The molecule has 2 aromatic heterocycles. The van der Waals surface area contributed by atoms with Gasteiger partial charge in [0.25, 0.3) is 5.56 Å². The number of anilines is 1. The molecule has 1 N–H and O–H groups in total. The van der Waals surface area contributed by atoms with Gasteiger partial charge in [0.2, 0.25) is 11.6 Å². The van der Waals surface area contributed by atoms with Crippen LogP contribution in [-0.4, -0.2) is 41.2 Å². The van der Waals surface area contributed by atoms with Gasteiger partial charge in [-0.3, -0.25) is 14.2 Å². The second-order valence-electron chi connectivity index (χ2n) is 6.52. The van der Waals surface area contributed by atoms with Crippen LogP contribution < -0.4 is 20.3 Å². The topological polar surface area (TPSA) is 122 Å². The molecule has 0 bridgehead atoms. The number of hydrogen-bond acceptors (Lipinski definition) is 8. The molecule has 0 fully saturated rings. The zero-order chi connectivity index (χ0) is 21.3. The van der Waals surface area contributed by atoms with Gasteiger partial charge in [-0.1, -0.05) is 0 Å². The molecular formula is C20H19N3O7. The first-order valence-corrected chi connectivity index (χ1v) is 9.33. The van der Waals surface area contributed by atoms with E-state index >= 15 is 0 Å². The molecule has 0 radical (unpaired) electrons. The number of nitrogens with zero attached hydrogens (tertiary/aromatic N) is 2. The summed E-state index contributed by atoms with van der Waals surface area (Å²) in [5, 5.41) is 2.69. The summed E-state index contributed by atoms with van der Waals surface area (Å²) in [7, 11) is 0. The van der Waals surface area contributed by atoms with E-state index in [1.165, 1.54) is 6.33 Å². The minimum absolute atomic E-state index is 0.0134. The Kier molecular flexibility index (Phi) is 5.13. The quantitative estimate of drug-likeness (QED) is 0.629. The summed E-state index contributed by atoms with van der Waals surface area (Å²) in [6.07, 6.45) is 1.20. The van der Waals surface area contributed by atoms with Gasteiger partial charge < -0.3 is 23.9 Å². The molecule has 0 unspecified atom stereocenters. The molecule has 10 heteroatoms. The van der Waals surface area contributed by atoms with Crippen LogP contribution in [0.2, 0.25) is 0 Å². The number of fused-ring (bicyclic) bond motifs is 2. The molecule has 0 saturated carbocycles. The average molecular weight is 413 g/mol. The van der Waals surface area contributed by atoms with E-state index in [1.807, 2.05) is 0 Å². The number of carbonyl (C=O) groups excluding carboxylic acids is 2. The highest BCUT2D eigenvalue weighted by atomic mass is 16.6. The van der Waals surface area contributed by atoms with Crippen molar-refractivity contribution in [1.29, 1.82) is 0 Å². The first-order valence-electron chi connectivity index (χ1n) is 9.33. The van der Waals surface area contributed by atoms with Gasteiger partial charge in [-0.25, -0.2) is 9.78 Å². The Bertz CT molecular complexity index is 1200. The van der Waals surface area contributed by atoms with E-state index in [9.17, 15) is 14.4 Å². The lowest BCUT2D eigenvalue weighted by molar-refractivity contribution is -0.116. The molecule has 156 valence electrons. The van der Waals surface area contributed by atoms with Gasteiger partial charge in [0.1, 0.15) is 42.8 Å². The van der Waals surface area contributed by atoms with Crippen LogP contribution in [-0.2, 0) is 16.1 Å². The third-order valence-corrected chi connectivity index (χ3v) is 4.47. The molecule has 0 spiro atoms. The molecule has 1 aliphatic heterocycles. The molecular weight excluding hydrogens is 394 g/mol. The highest BCUT2D eigenvalue weighted by Crippen LogP contribution is 2.32. The Labute approximate surface area is 170 Å². The smallest absolute Gasteiger partial charge is 0.342 e. The maximum Gasteiger partial charge on any atom is 0.342 e. The number of aryl methyl sites for hydroxylation is 1. The van der Waals surface area contributed by atoms with Crippen molar-refractivity contribution < 1.29 is 28.2 Å². The number of nitrogens with one attached hydrogen (secondary N) is 1. The molecule has 0 aliphatic carbocycles. The van der Waals surface area contributed by atoms with E-state index in [-0.39, 0.29) is 35.6 Å². The Morgan fingerprint density at radius 3 is 2.77 bits per heavy atom. The van der Waals surface area contributed by atoms with Crippen molar-refractivity contribution in [1.82, 2.24) is 9.55 Å². The monoisotopic (exact) mass is 413 g/mol. The molecule has 3 aromatic rings. The number of furan rings is 1. The summed E-state index contributed by atoms with van der Waals surface area (Å²) in [4.78, 5) is 41.6. The fraction of sp³-hybridized carbons (Fsp3) is 0.300. The van der Waals surface area contributed by atoms with Gasteiger partial charge in [-0.05, 0) is 26.0 Å². The highest BCUT2D eigenvalue weighted by molar-refractivity contribution is 6.03. The van der Waals surface area contributed by atoms with Gasteiger partial charge in [0.15, 0.2) is 11.5 Å². The van der Waals surface area contributed by atoms with E-state index in [4.69, 9.17) is 18.6 Å². The van der Waals surface area contributed by atoms with Crippen LogP contribution in [0.1, 0.15) is 23.0 Å². The third kappa shape index (κ3) is 3.59. The van der Waals surface area contributed by atoms with Crippen molar-refractivity contribution in [3.05, 3.63) is 46.2 Å². The van der Waals surface area contributed by atoms with Gasteiger partial charge in [-0.2, -0.15) is 0 Å². The van der Waals surface area contributed by atoms with Crippen molar-refractivity contribution in [2.75, 3.05) is 25.1 Å². The lowest BCUT2D eigenvalue weighted by Gasteiger charge is -2.19. The maximum absolute atomic E-state index is 12.9. The van der Waals surface area contributed by atoms with Crippen LogP contribution in [0.25, 0.3) is 11.1 Å². The number of carbonyl (C=O) groups is 2. The number of ether oxygens (including phenoxy) is 3. The number of amides is 1. The highest BCUT2D eigenvalue weighted by Gasteiger charge is 2.24. The van der Waals surface area contributed by atoms with E-state index in [1.54, 1.807) is 32.0 Å². The Morgan fingerprint density at radius 2 is 2.00 bits per heavy atom. The van der Waals surface area contributed by atoms with E-state index in [0.29, 0.717) is 30.4 Å². The first-order chi connectivity index (χ1) is 14.5. The number of benzene rings is 1. The molecule has 4 rings (SSSR count). The minimum atomic E-state index is -0.675. The Morgan fingerprint density at radius 1 is 1.23 bits per heavy atom. The number of hydrogen-bond donors (Lipinski definition) is 1. The summed E-state index contributed by atoms with van der Waals surface area (Å²) in [6.45, 7) is 3.96. The van der Waals surface area contributed by atoms with Gasteiger partial charge in [-0.15, -0.1) is 0 Å². The third-order valence-electron chi connectivity index (χ3n) is 4.47. The largest absolute Gasteiger partial charge is 0.486 e. The molecule has 1 aromatic carbocycles. The lowest BCUT2D eigenvalue weighted by Crippen LogP contribution is -2.28. The standard InChI is InChI=1S/C20H19N3O7/c1-3-27-20(26)16-11(2)30-18-17(16)19(25)23(10-21-18)9-15(24)22-12-4-5-13-14(8-12)29-7-6-28-13/h4-5,8,10H,3,6-7,9H2,1-2H3,(H,22,24). The first kappa shape index (κ1) is 19.5. The molecule has 1 amide bonds. The predicted octanol–water partition coefficient (Wildman–Crippen LogP) is 1.88. The maximum atomic E-state index is 12.9. The summed E-state index contributed by atoms with van der Waals surface area (Å²) >= 11 is 0. The Hall–Kier alpha value is -3.82. The summed E-state index contributed by atoms with van der Waals surface area (Å²) in [6, 6.07) is 5.02. The molecule has 30 heavy (non-hydrogen) atoms. The minimum Gasteiger partial charge on any atom is -0.486 e. The van der Waals surface area contributed by atoms with Crippen molar-refractivity contribution in [3.63, 3.8) is 0 Å². The van der Waals surface area contributed by atoms with Crippen LogP contribution in [0.4, 0.5) is 5.69 Å². The van der Waals surface area contributed by atoms with E-state index < -0.39 is 17.4 Å². The fourth-order valence-electron chi connectivity index (χ4n) is 3.18.